The lowest BCUT2D eigenvalue weighted by Crippen LogP contribution is -2.44. The van der Waals surface area contributed by atoms with E-state index in [2.05, 4.69) is 0 Å². The minimum absolute atomic E-state index is 0.211. The number of amides is 1. The summed E-state index contributed by atoms with van der Waals surface area (Å²) in [6, 6.07) is 9.38. The van der Waals surface area contributed by atoms with Gasteiger partial charge in [0, 0.05) is 19.6 Å². The Morgan fingerprint density at radius 2 is 1.79 bits per heavy atom. The zero-order chi connectivity index (χ0) is 21.3. The van der Waals surface area contributed by atoms with Crippen molar-refractivity contribution >= 4 is 12.1 Å². The van der Waals surface area contributed by atoms with Crippen LogP contribution in [0.3, 0.4) is 0 Å². The van der Waals surface area contributed by atoms with Crippen molar-refractivity contribution in [3.63, 3.8) is 0 Å². The average molecular weight is 408 g/mol. The van der Waals surface area contributed by atoms with Crippen LogP contribution in [0.5, 0.6) is 0 Å². The highest BCUT2D eigenvalue weighted by Crippen LogP contribution is 2.24. The summed E-state index contributed by atoms with van der Waals surface area (Å²) in [5.74, 6) is -0.448. The summed E-state index contributed by atoms with van der Waals surface area (Å²) in [4.78, 5) is 25.9. The van der Waals surface area contributed by atoms with E-state index in [1.165, 1.54) is 12.0 Å². The number of hydrogen-bond donors (Lipinski definition) is 0. The molecule has 1 amide bonds. The van der Waals surface area contributed by atoms with Gasteiger partial charge in [-0.05, 0) is 39.2 Å². The van der Waals surface area contributed by atoms with Gasteiger partial charge in [0.15, 0.2) is 0 Å². The Labute approximate surface area is 173 Å². The van der Waals surface area contributed by atoms with E-state index in [1.54, 1.807) is 20.8 Å². The van der Waals surface area contributed by atoms with E-state index >= 15 is 0 Å². The number of rotatable bonds is 9. The quantitative estimate of drug-likeness (QED) is 0.460. The SMILES string of the molecule is COC(=O)[C@@H]1C[C@@H](OCCCCOCc2ccccc2)CN1C(=O)OC(C)(C)C. The van der Waals surface area contributed by atoms with Crippen molar-refractivity contribution in [2.45, 2.75) is 64.4 Å². The fraction of sp³-hybridized carbons (Fsp3) is 0.636. The number of hydrogen-bond acceptors (Lipinski definition) is 6. The molecule has 0 bridgehead atoms. The number of likely N-dealkylation sites (tertiary alicyclic amines) is 1. The third-order valence-corrected chi connectivity index (χ3v) is 4.51. The smallest absolute Gasteiger partial charge is 0.411 e. The lowest BCUT2D eigenvalue weighted by atomic mass is 10.2. The minimum Gasteiger partial charge on any atom is -0.467 e. The Hall–Kier alpha value is -2.12. The summed E-state index contributed by atoms with van der Waals surface area (Å²) in [5.41, 5.74) is 0.530. The molecule has 29 heavy (non-hydrogen) atoms. The van der Waals surface area contributed by atoms with Crippen LogP contribution in [0.25, 0.3) is 0 Å². The first-order chi connectivity index (χ1) is 13.8. The molecule has 0 spiro atoms. The van der Waals surface area contributed by atoms with Crippen LogP contribution in [0.2, 0.25) is 0 Å². The first-order valence-electron chi connectivity index (χ1n) is 10.1. The molecule has 0 radical (unpaired) electrons. The van der Waals surface area contributed by atoms with Crippen LogP contribution < -0.4 is 0 Å². The number of nitrogens with zero attached hydrogens (tertiary/aromatic N) is 1. The zero-order valence-corrected chi connectivity index (χ0v) is 17.9. The molecule has 7 nitrogen and oxygen atoms in total. The largest absolute Gasteiger partial charge is 0.467 e. The van der Waals surface area contributed by atoms with E-state index in [0.717, 1.165) is 18.4 Å². The van der Waals surface area contributed by atoms with Crippen molar-refractivity contribution in [1.82, 2.24) is 4.90 Å². The molecule has 0 N–H and O–H groups in total. The molecule has 1 aliphatic heterocycles. The van der Waals surface area contributed by atoms with E-state index in [-0.39, 0.29) is 6.10 Å². The van der Waals surface area contributed by atoms with Gasteiger partial charge in [-0.3, -0.25) is 4.90 Å². The van der Waals surface area contributed by atoms with Gasteiger partial charge in [-0.15, -0.1) is 0 Å². The molecule has 0 unspecified atom stereocenters. The standard InChI is InChI=1S/C22H33NO6/c1-22(2,3)29-21(25)23-15-18(14-19(23)20(24)26-4)28-13-9-8-12-27-16-17-10-6-5-7-11-17/h5-7,10-11,18-19H,8-9,12-16H2,1-4H3/t18-,19+/m1/s1. The summed E-state index contributed by atoms with van der Waals surface area (Å²) in [6.45, 7) is 7.52. The second kappa shape index (κ2) is 11.2. The maximum absolute atomic E-state index is 12.4. The highest BCUT2D eigenvalue weighted by molar-refractivity contribution is 5.82. The maximum atomic E-state index is 12.4. The van der Waals surface area contributed by atoms with Crippen LogP contribution >= 0.6 is 0 Å². The van der Waals surface area contributed by atoms with Gasteiger partial charge in [-0.25, -0.2) is 9.59 Å². The van der Waals surface area contributed by atoms with E-state index in [4.69, 9.17) is 18.9 Å². The second-order valence-electron chi connectivity index (χ2n) is 8.15. The van der Waals surface area contributed by atoms with Crippen molar-refractivity contribution in [3.05, 3.63) is 35.9 Å². The topological polar surface area (TPSA) is 74.3 Å². The molecule has 162 valence electrons. The Morgan fingerprint density at radius 1 is 1.10 bits per heavy atom. The molecule has 2 atom stereocenters. The average Bonchev–Trinajstić information content (AvgIpc) is 3.10. The van der Waals surface area contributed by atoms with E-state index in [9.17, 15) is 9.59 Å². The van der Waals surface area contributed by atoms with Gasteiger partial charge < -0.3 is 18.9 Å². The molecule has 0 aromatic heterocycles. The summed E-state index contributed by atoms with van der Waals surface area (Å²) >= 11 is 0. The monoisotopic (exact) mass is 407 g/mol. The van der Waals surface area contributed by atoms with Gasteiger partial charge in [-0.1, -0.05) is 30.3 Å². The van der Waals surface area contributed by atoms with Crippen molar-refractivity contribution in [3.8, 4) is 0 Å². The van der Waals surface area contributed by atoms with Crippen LogP contribution in [0.15, 0.2) is 30.3 Å². The van der Waals surface area contributed by atoms with Crippen LogP contribution in [-0.4, -0.2) is 61.6 Å². The van der Waals surface area contributed by atoms with Crippen LogP contribution in [0.1, 0.15) is 45.6 Å². The van der Waals surface area contributed by atoms with Crippen molar-refractivity contribution in [2.75, 3.05) is 26.9 Å². The molecule has 1 aliphatic rings. The number of methoxy groups -OCH3 is 1. The Morgan fingerprint density at radius 3 is 2.45 bits per heavy atom. The first kappa shape index (κ1) is 23.2. The van der Waals surface area contributed by atoms with Gasteiger partial charge in [0.25, 0.3) is 0 Å². The molecule has 7 heteroatoms. The summed E-state index contributed by atoms with van der Waals surface area (Å²) in [7, 11) is 1.32. The lowest BCUT2D eigenvalue weighted by molar-refractivity contribution is -0.145. The van der Waals surface area contributed by atoms with Crippen LogP contribution in [0.4, 0.5) is 4.79 Å². The Kier molecular flexibility index (Phi) is 8.92. The number of benzene rings is 1. The number of ether oxygens (including phenoxy) is 4. The number of unbranched alkanes of at least 4 members (excludes halogenated alkanes) is 1. The predicted molar refractivity (Wildman–Crippen MR) is 108 cm³/mol. The van der Waals surface area contributed by atoms with Crippen molar-refractivity contribution in [2.24, 2.45) is 0 Å². The molecule has 0 saturated carbocycles. The summed E-state index contributed by atoms with van der Waals surface area (Å²) in [5, 5.41) is 0. The number of carbonyl (C=O) groups excluding carboxylic acids is 2. The molecule has 1 aromatic rings. The van der Waals surface area contributed by atoms with E-state index in [0.29, 0.717) is 32.8 Å². The minimum atomic E-state index is -0.672. The molecule has 1 saturated heterocycles. The van der Waals surface area contributed by atoms with E-state index in [1.807, 2.05) is 30.3 Å². The van der Waals surface area contributed by atoms with E-state index < -0.39 is 23.7 Å². The van der Waals surface area contributed by atoms with Crippen molar-refractivity contribution in [1.29, 1.82) is 0 Å². The first-order valence-corrected chi connectivity index (χ1v) is 10.1. The molecule has 1 fully saturated rings. The second-order valence-corrected chi connectivity index (χ2v) is 8.15. The van der Waals surface area contributed by atoms with Gasteiger partial charge in [0.1, 0.15) is 11.6 Å². The summed E-state index contributed by atoms with van der Waals surface area (Å²) in [6.07, 6.45) is 1.41. The predicted octanol–water partition coefficient (Wildman–Crippen LogP) is 3.55. The number of carbonyl (C=O) groups is 2. The third-order valence-electron chi connectivity index (χ3n) is 4.51. The third kappa shape index (κ3) is 8.03. The molecular weight excluding hydrogens is 374 g/mol. The summed E-state index contributed by atoms with van der Waals surface area (Å²) < 4.78 is 21.8. The van der Waals surface area contributed by atoms with Gasteiger partial charge in [0.05, 0.1) is 26.4 Å². The Bertz CT molecular complexity index is 642. The van der Waals surface area contributed by atoms with Gasteiger partial charge in [-0.2, -0.15) is 0 Å². The Balaban J connectivity index is 1.69. The molecule has 0 aliphatic carbocycles. The molecule has 1 aromatic carbocycles. The van der Waals surface area contributed by atoms with Crippen LogP contribution in [0, 0.1) is 0 Å². The highest BCUT2D eigenvalue weighted by Gasteiger charge is 2.42. The highest BCUT2D eigenvalue weighted by atomic mass is 16.6. The van der Waals surface area contributed by atoms with Gasteiger partial charge in [0.2, 0.25) is 0 Å². The fourth-order valence-corrected chi connectivity index (χ4v) is 3.12. The van der Waals surface area contributed by atoms with Gasteiger partial charge >= 0.3 is 12.1 Å². The molecule has 2 rings (SSSR count). The molecular formula is C22H33NO6. The number of esters is 1. The maximum Gasteiger partial charge on any atom is 0.411 e. The normalized spacial score (nSPS) is 19.2. The van der Waals surface area contributed by atoms with Crippen molar-refractivity contribution < 1.29 is 28.5 Å². The lowest BCUT2D eigenvalue weighted by Gasteiger charge is -2.27. The molecule has 1 heterocycles. The zero-order valence-electron chi connectivity index (χ0n) is 17.9. The van der Waals surface area contributed by atoms with Crippen LogP contribution in [-0.2, 0) is 30.3 Å². The fourth-order valence-electron chi connectivity index (χ4n) is 3.12.